The molecule has 18 heavy (non-hydrogen) atoms. The molecule has 90 valence electrons. The van der Waals surface area contributed by atoms with Crippen molar-refractivity contribution in [3.8, 4) is 16.9 Å². The van der Waals surface area contributed by atoms with Gasteiger partial charge in [-0.1, -0.05) is 48.5 Å². The fourth-order valence-electron chi connectivity index (χ4n) is 1.55. The van der Waals surface area contributed by atoms with Crippen LogP contribution in [-0.4, -0.2) is 15.1 Å². The fourth-order valence-corrected chi connectivity index (χ4v) is 1.55. The Morgan fingerprint density at radius 3 is 2.17 bits per heavy atom. The minimum atomic E-state index is 0.328. The van der Waals surface area contributed by atoms with E-state index in [9.17, 15) is 5.11 Å². The topological polar surface area (TPSA) is 48.9 Å². The van der Waals surface area contributed by atoms with E-state index in [4.69, 9.17) is 0 Å². The molecule has 0 saturated carbocycles. The van der Waals surface area contributed by atoms with Gasteiger partial charge in [-0.2, -0.15) is 0 Å². The van der Waals surface area contributed by atoms with E-state index in [0.29, 0.717) is 5.75 Å². The van der Waals surface area contributed by atoms with Gasteiger partial charge in [-0.25, -0.2) is 4.98 Å². The lowest BCUT2D eigenvalue weighted by atomic mass is 10.1. The molecular formula is C15H14N2O. The molecule has 0 aliphatic heterocycles. The molecule has 2 aromatic carbocycles. The Labute approximate surface area is 106 Å². The summed E-state index contributed by atoms with van der Waals surface area (Å²) in [6.45, 7) is 0. The Morgan fingerprint density at radius 2 is 1.61 bits per heavy atom. The van der Waals surface area contributed by atoms with E-state index in [2.05, 4.69) is 9.97 Å². The molecule has 3 rings (SSSR count). The second kappa shape index (κ2) is 6.25. The van der Waals surface area contributed by atoms with E-state index in [0.717, 1.165) is 11.1 Å². The summed E-state index contributed by atoms with van der Waals surface area (Å²) in [4.78, 5) is 6.42. The molecule has 0 radical (unpaired) electrons. The van der Waals surface area contributed by atoms with Gasteiger partial charge < -0.3 is 10.1 Å². The van der Waals surface area contributed by atoms with Gasteiger partial charge in [0.05, 0.1) is 6.33 Å². The predicted molar refractivity (Wildman–Crippen MR) is 72.1 cm³/mol. The molecule has 0 bridgehead atoms. The number of rotatable bonds is 1. The van der Waals surface area contributed by atoms with Crippen molar-refractivity contribution < 1.29 is 5.11 Å². The number of nitrogens with zero attached hydrogens (tertiary/aromatic N) is 1. The van der Waals surface area contributed by atoms with Crippen LogP contribution in [0.5, 0.6) is 5.75 Å². The molecule has 3 heteroatoms. The highest BCUT2D eigenvalue weighted by molar-refractivity contribution is 5.69. The molecule has 0 amide bonds. The van der Waals surface area contributed by atoms with Crippen molar-refractivity contribution >= 4 is 0 Å². The van der Waals surface area contributed by atoms with Gasteiger partial charge in [-0.3, -0.25) is 0 Å². The minimum Gasteiger partial charge on any atom is -0.507 e. The number of aromatic amines is 1. The smallest absolute Gasteiger partial charge is 0.123 e. The number of H-pyrrole nitrogens is 1. The molecule has 3 nitrogen and oxygen atoms in total. The molecule has 0 aliphatic carbocycles. The first kappa shape index (κ1) is 11.9. The quantitative estimate of drug-likeness (QED) is 0.682. The van der Waals surface area contributed by atoms with E-state index >= 15 is 0 Å². The molecule has 1 heterocycles. The highest BCUT2D eigenvalue weighted by Crippen LogP contribution is 2.27. The highest BCUT2D eigenvalue weighted by Gasteiger charge is 2.00. The summed E-state index contributed by atoms with van der Waals surface area (Å²) >= 11 is 0. The molecule has 0 unspecified atom stereocenters. The van der Waals surface area contributed by atoms with Crippen molar-refractivity contribution in [3.63, 3.8) is 0 Å². The SMILES string of the molecule is Oc1ccccc1-c1ccccc1.c1c[nH]cn1. The number of para-hydroxylation sites is 1. The van der Waals surface area contributed by atoms with Crippen molar-refractivity contribution in [1.29, 1.82) is 0 Å². The van der Waals surface area contributed by atoms with Gasteiger partial charge in [-0.15, -0.1) is 0 Å². The third-order valence-corrected chi connectivity index (χ3v) is 2.39. The molecule has 0 atom stereocenters. The molecule has 1 aromatic heterocycles. The number of phenols is 1. The number of hydrogen-bond acceptors (Lipinski definition) is 2. The second-order valence-corrected chi connectivity index (χ2v) is 3.64. The minimum absolute atomic E-state index is 0.328. The summed E-state index contributed by atoms with van der Waals surface area (Å²) in [7, 11) is 0. The van der Waals surface area contributed by atoms with Crippen LogP contribution >= 0.6 is 0 Å². The second-order valence-electron chi connectivity index (χ2n) is 3.64. The Balaban J connectivity index is 0.000000202. The zero-order chi connectivity index (χ0) is 12.6. The first-order valence-corrected chi connectivity index (χ1v) is 5.64. The van der Waals surface area contributed by atoms with Crippen LogP contribution in [0.3, 0.4) is 0 Å². The first-order chi connectivity index (χ1) is 8.88. The van der Waals surface area contributed by atoms with Gasteiger partial charge in [0.15, 0.2) is 0 Å². The van der Waals surface area contributed by atoms with Crippen LogP contribution in [0.25, 0.3) is 11.1 Å². The Bertz CT molecular complexity index is 545. The van der Waals surface area contributed by atoms with Crippen LogP contribution in [0, 0.1) is 0 Å². The maximum absolute atomic E-state index is 9.56. The number of hydrogen-bond donors (Lipinski definition) is 2. The van der Waals surface area contributed by atoms with Crippen LogP contribution in [0.1, 0.15) is 0 Å². The van der Waals surface area contributed by atoms with E-state index in [-0.39, 0.29) is 0 Å². The molecule has 0 spiro atoms. The molecule has 0 fully saturated rings. The van der Waals surface area contributed by atoms with E-state index in [1.54, 1.807) is 24.8 Å². The van der Waals surface area contributed by atoms with E-state index in [1.807, 2.05) is 48.5 Å². The third-order valence-electron chi connectivity index (χ3n) is 2.39. The number of aromatic hydroxyl groups is 1. The molecular weight excluding hydrogens is 224 g/mol. The molecule has 0 saturated heterocycles. The maximum Gasteiger partial charge on any atom is 0.123 e. The highest BCUT2D eigenvalue weighted by atomic mass is 16.3. The van der Waals surface area contributed by atoms with E-state index in [1.165, 1.54) is 0 Å². The third kappa shape index (κ3) is 3.22. The predicted octanol–water partition coefficient (Wildman–Crippen LogP) is 3.47. The summed E-state index contributed by atoms with van der Waals surface area (Å²) < 4.78 is 0. The average molecular weight is 238 g/mol. The summed E-state index contributed by atoms with van der Waals surface area (Å²) in [5, 5.41) is 9.56. The summed E-state index contributed by atoms with van der Waals surface area (Å²) in [6.07, 6.45) is 5.08. The van der Waals surface area contributed by atoms with Crippen molar-refractivity contribution in [2.24, 2.45) is 0 Å². The number of phenolic OH excluding ortho intramolecular Hbond substituents is 1. The van der Waals surface area contributed by atoms with Crippen LogP contribution in [-0.2, 0) is 0 Å². The average Bonchev–Trinajstić information content (AvgIpc) is 2.99. The van der Waals surface area contributed by atoms with Gasteiger partial charge in [0, 0.05) is 18.0 Å². The van der Waals surface area contributed by atoms with Crippen LogP contribution < -0.4 is 0 Å². The van der Waals surface area contributed by atoms with Gasteiger partial charge in [0.25, 0.3) is 0 Å². The van der Waals surface area contributed by atoms with Crippen LogP contribution in [0.2, 0.25) is 0 Å². The summed E-state index contributed by atoms with van der Waals surface area (Å²) in [5.74, 6) is 0.328. The van der Waals surface area contributed by atoms with Crippen molar-refractivity contribution in [3.05, 3.63) is 73.3 Å². The van der Waals surface area contributed by atoms with Gasteiger partial charge in [0.1, 0.15) is 5.75 Å². The number of imidazole rings is 1. The van der Waals surface area contributed by atoms with Crippen LogP contribution in [0.4, 0.5) is 0 Å². The van der Waals surface area contributed by atoms with E-state index < -0.39 is 0 Å². The maximum atomic E-state index is 9.56. The summed E-state index contributed by atoms with van der Waals surface area (Å²) in [5.41, 5.74) is 1.92. The lowest BCUT2D eigenvalue weighted by Crippen LogP contribution is -1.76. The van der Waals surface area contributed by atoms with Gasteiger partial charge in [-0.05, 0) is 11.6 Å². The molecule has 0 aliphatic rings. The summed E-state index contributed by atoms with van der Waals surface area (Å²) in [6, 6.07) is 17.2. The monoisotopic (exact) mass is 238 g/mol. The first-order valence-electron chi connectivity index (χ1n) is 5.64. The Hall–Kier alpha value is -2.55. The number of benzene rings is 2. The van der Waals surface area contributed by atoms with Crippen molar-refractivity contribution in [2.75, 3.05) is 0 Å². The lowest BCUT2D eigenvalue weighted by Gasteiger charge is -2.02. The zero-order valence-corrected chi connectivity index (χ0v) is 9.82. The Morgan fingerprint density at radius 1 is 0.889 bits per heavy atom. The number of aromatic nitrogens is 2. The lowest BCUT2D eigenvalue weighted by molar-refractivity contribution is 0.477. The Kier molecular flexibility index (Phi) is 4.14. The normalized spacial score (nSPS) is 9.33. The zero-order valence-electron chi connectivity index (χ0n) is 9.82. The van der Waals surface area contributed by atoms with Crippen molar-refractivity contribution in [1.82, 2.24) is 9.97 Å². The van der Waals surface area contributed by atoms with Crippen LogP contribution in [0.15, 0.2) is 73.3 Å². The number of nitrogens with one attached hydrogen (secondary N) is 1. The van der Waals surface area contributed by atoms with Gasteiger partial charge in [0.2, 0.25) is 0 Å². The van der Waals surface area contributed by atoms with Gasteiger partial charge >= 0.3 is 0 Å². The standard InChI is InChI=1S/C12H10O.C3H4N2/c13-12-9-5-4-8-11(12)10-6-2-1-3-7-10;1-2-5-3-4-1/h1-9,13H;1-3H,(H,4,5). The molecule has 2 N–H and O–H groups in total. The fraction of sp³-hybridized carbons (Fsp3) is 0. The largest absolute Gasteiger partial charge is 0.507 e. The van der Waals surface area contributed by atoms with Crippen molar-refractivity contribution in [2.45, 2.75) is 0 Å². The molecule has 3 aromatic rings.